The van der Waals surface area contributed by atoms with Crippen molar-refractivity contribution in [3.05, 3.63) is 51.2 Å². The fourth-order valence-electron chi connectivity index (χ4n) is 2.01. The Labute approximate surface area is 147 Å². The van der Waals surface area contributed by atoms with E-state index in [9.17, 15) is 4.79 Å². The zero-order valence-electron chi connectivity index (χ0n) is 13.2. The van der Waals surface area contributed by atoms with Crippen molar-refractivity contribution in [2.75, 3.05) is 5.32 Å². The van der Waals surface area contributed by atoms with E-state index in [1.807, 2.05) is 38.1 Å². The average Bonchev–Trinajstić information content (AvgIpc) is 3.17. The molecule has 3 aromatic rings. The van der Waals surface area contributed by atoms with Crippen LogP contribution in [0.3, 0.4) is 0 Å². The van der Waals surface area contributed by atoms with Crippen molar-refractivity contribution in [3.8, 4) is 0 Å². The molecule has 1 N–H and O–H groups in total. The minimum atomic E-state index is -0.450. The molecule has 24 heavy (non-hydrogen) atoms. The summed E-state index contributed by atoms with van der Waals surface area (Å²) in [5.74, 6) is -0.450. The summed E-state index contributed by atoms with van der Waals surface area (Å²) < 4.78 is 1.48. The van der Waals surface area contributed by atoms with Crippen molar-refractivity contribution in [2.24, 2.45) is 0 Å². The summed E-state index contributed by atoms with van der Waals surface area (Å²) in [5.41, 5.74) is 2.26. The molecule has 0 bridgehead atoms. The summed E-state index contributed by atoms with van der Waals surface area (Å²) in [7, 11) is 0. The lowest BCUT2D eigenvalue weighted by atomic mass is 10.1. The van der Waals surface area contributed by atoms with Crippen molar-refractivity contribution in [1.29, 1.82) is 0 Å². The third kappa shape index (κ3) is 3.60. The third-order valence-electron chi connectivity index (χ3n) is 3.33. The Bertz CT molecular complexity index is 857. The summed E-state index contributed by atoms with van der Waals surface area (Å²) in [4.78, 5) is 12.3. The fourth-order valence-corrected chi connectivity index (χ4v) is 2.90. The number of carbonyl (C=O) groups excluding carboxylic acids is 1. The first-order valence-electron chi connectivity index (χ1n) is 7.35. The highest BCUT2D eigenvalue weighted by Gasteiger charge is 2.19. The largest absolute Gasteiger partial charge is 0.295 e. The SMILES string of the molecule is CCc1nnc(NC(=O)c2nnn(Cc3ccc(C)cc3)c2Cl)s1. The van der Waals surface area contributed by atoms with E-state index in [-0.39, 0.29) is 10.8 Å². The normalized spacial score (nSPS) is 10.8. The number of hydrogen-bond acceptors (Lipinski definition) is 6. The van der Waals surface area contributed by atoms with Gasteiger partial charge in [-0.15, -0.1) is 15.3 Å². The van der Waals surface area contributed by atoms with Crippen LogP contribution in [0.25, 0.3) is 0 Å². The van der Waals surface area contributed by atoms with Crippen molar-refractivity contribution in [3.63, 3.8) is 0 Å². The van der Waals surface area contributed by atoms with E-state index in [0.29, 0.717) is 11.7 Å². The van der Waals surface area contributed by atoms with Crippen LogP contribution in [0.4, 0.5) is 5.13 Å². The van der Waals surface area contributed by atoms with Crippen LogP contribution < -0.4 is 5.32 Å². The van der Waals surface area contributed by atoms with Gasteiger partial charge < -0.3 is 0 Å². The molecule has 1 aromatic carbocycles. The molecular weight excluding hydrogens is 348 g/mol. The molecule has 0 radical (unpaired) electrons. The van der Waals surface area contributed by atoms with Crippen molar-refractivity contribution >= 4 is 34.0 Å². The van der Waals surface area contributed by atoms with Gasteiger partial charge in [-0.2, -0.15) is 0 Å². The van der Waals surface area contributed by atoms with Crippen LogP contribution in [0, 0.1) is 6.92 Å². The predicted octanol–water partition coefficient (Wildman–Crippen LogP) is 2.95. The molecule has 0 aliphatic carbocycles. The Morgan fingerprint density at radius 3 is 2.67 bits per heavy atom. The summed E-state index contributed by atoms with van der Waals surface area (Å²) in [6.45, 7) is 4.43. The maximum absolute atomic E-state index is 12.3. The van der Waals surface area contributed by atoms with E-state index in [4.69, 9.17) is 11.6 Å². The van der Waals surface area contributed by atoms with E-state index >= 15 is 0 Å². The van der Waals surface area contributed by atoms with Gasteiger partial charge in [0.1, 0.15) is 5.01 Å². The second kappa shape index (κ2) is 7.06. The molecule has 3 rings (SSSR count). The van der Waals surface area contributed by atoms with Crippen molar-refractivity contribution in [1.82, 2.24) is 25.2 Å². The van der Waals surface area contributed by atoms with E-state index in [1.165, 1.54) is 21.6 Å². The number of hydrogen-bond donors (Lipinski definition) is 1. The molecule has 0 aliphatic rings. The summed E-state index contributed by atoms with van der Waals surface area (Å²) in [6, 6.07) is 7.99. The van der Waals surface area contributed by atoms with Gasteiger partial charge in [0.05, 0.1) is 6.54 Å². The number of benzene rings is 1. The van der Waals surface area contributed by atoms with E-state index in [0.717, 1.165) is 17.0 Å². The van der Waals surface area contributed by atoms with Crippen LogP contribution in [0.2, 0.25) is 5.15 Å². The Morgan fingerprint density at radius 2 is 2.00 bits per heavy atom. The Kier molecular flexibility index (Phi) is 4.86. The van der Waals surface area contributed by atoms with Gasteiger partial charge in [0.15, 0.2) is 10.8 Å². The molecule has 2 heterocycles. The number of rotatable bonds is 5. The molecule has 0 unspecified atom stereocenters. The summed E-state index contributed by atoms with van der Waals surface area (Å²) >= 11 is 7.56. The Balaban J connectivity index is 1.73. The lowest BCUT2D eigenvalue weighted by Crippen LogP contribution is -2.13. The maximum Gasteiger partial charge on any atom is 0.281 e. The van der Waals surface area contributed by atoms with Gasteiger partial charge in [0, 0.05) is 0 Å². The molecule has 7 nitrogen and oxygen atoms in total. The van der Waals surface area contributed by atoms with Crippen molar-refractivity contribution < 1.29 is 4.79 Å². The quantitative estimate of drug-likeness (QED) is 0.754. The average molecular weight is 363 g/mol. The summed E-state index contributed by atoms with van der Waals surface area (Å²) in [6.07, 6.45) is 0.765. The minimum absolute atomic E-state index is 0.0667. The number of aromatic nitrogens is 5. The van der Waals surface area contributed by atoms with E-state index in [2.05, 4.69) is 25.8 Å². The number of aryl methyl sites for hydroxylation is 2. The van der Waals surface area contributed by atoms with Gasteiger partial charge in [-0.3, -0.25) is 10.1 Å². The maximum atomic E-state index is 12.3. The van der Waals surface area contributed by atoms with E-state index < -0.39 is 5.91 Å². The Morgan fingerprint density at radius 1 is 1.25 bits per heavy atom. The molecule has 1 amide bonds. The highest BCUT2D eigenvalue weighted by Crippen LogP contribution is 2.19. The van der Waals surface area contributed by atoms with Crippen LogP contribution >= 0.6 is 22.9 Å². The van der Waals surface area contributed by atoms with Gasteiger partial charge in [-0.25, -0.2) is 4.68 Å². The van der Waals surface area contributed by atoms with Gasteiger partial charge in [-0.05, 0) is 18.9 Å². The fraction of sp³-hybridized carbons (Fsp3) is 0.267. The lowest BCUT2D eigenvalue weighted by Gasteiger charge is -2.03. The standard InChI is InChI=1S/C15H15ClN6OS/c1-3-11-18-20-15(24-11)17-14(23)12-13(16)22(21-19-12)8-10-6-4-9(2)5-7-10/h4-7H,3,8H2,1-2H3,(H,17,20,23). The molecule has 0 spiro atoms. The molecule has 0 atom stereocenters. The first-order valence-corrected chi connectivity index (χ1v) is 8.54. The number of amides is 1. The topological polar surface area (TPSA) is 85.6 Å². The molecule has 124 valence electrons. The molecule has 9 heteroatoms. The van der Waals surface area contributed by atoms with Crippen LogP contribution in [0.15, 0.2) is 24.3 Å². The number of carbonyl (C=O) groups is 1. The third-order valence-corrected chi connectivity index (χ3v) is 4.69. The second-order valence-electron chi connectivity index (χ2n) is 5.18. The van der Waals surface area contributed by atoms with Crippen LogP contribution in [0.1, 0.15) is 33.5 Å². The van der Waals surface area contributed by atoms with Crippen LogP contribution in [-0.4, -0.2) is 31.1 Å². The molecule has 0 saturated carbocycles. The number of nitrogens with zero attached hydrogens (tertiary/aromatic N) is 5. The summed E-state index contributed by atoms with van der Waals surface area (Å²) in [5, 5.41) is 19.8. The van der Waals surface area contributed by atoms with Gasteiger partial charge in [-0.1, -0.05) is 64.9 Å². The first-order chi connectivity index (χ1) is 11.6. The lowest BCUT2D eigenvalue weighted by molar-refractivity contribution is 0.102. The highest BCUT2D eigenvalue weighted by molar-refractivity contribution is 7.15. The highest BCUT2D eigenvalue weighted by atomic mass is 35.5. The molecule has 0 fully saturated rings. The van der Waals surface area contributed by atoms with Crippen LogP contribution in [0.5, 0.6) is 0 Å². The smallest absolute Gasteiger partial charge is 0.281 e. The van der Waals surface area contributed by atoms with E-state index in [1.54, 1.807) is 0 Å². The predicted molar refractivity (Wildman–Crippen MR) is 92.6 cm³/mol. The number of nitrogens with one attached hydrogen (secondary N) is 1. The van der Waals surface area contributed by atoms with Gasteiger partial charge in [0.2, 0.25) is 5.13 Å². The van der Waals surface area contributed by atoms with Crippen molar-refractivity contribution in [2.45, 2.75) is 26.8 Å². The van der Waals surface area contributed by atoms with Gasteiger partial charge >= 0.3 is 0 Å². The van der Waals surface area contributed by atoms with Gasteiger partial charge in [0.25, 0.3) is 5.91 Å². The van der Waals surface area contributed by atoms with Crippen LogP contribution in [-0.2, 0) is 13.0 Å². The monoisotopic (exact) mass is 362 g/mol. The number of halogens is 1. The zero-order valence-corrected chi connectivity index (χ0v) is 14.7. The Hall–Kier alpha value is -2.32. The number of anilines is 1. The molecular formula is C15H15ClN6OS. The zero-order chi connectivity index (χ0) is 17.1. The minimum Gasteiger partial charge on any atom is -0.295 e. The first kappa shape index (κ1) is 16.5. The molecule has 2 aromatic heterocycles. The second-order valence-corrected chi connectivity index (χ2v) is 6.60. The molecule has 0 saturated heterocycles. The molecule has 0 aliphatic heterocycles.